The number of urea groups is 1. The number of carbonyl (C=O) groups is 2. The lowest BCUT2D eigenvalue weighted by Gasteiger charge is -2.32. The molecule has 0 spiro atoms. The molecule has 0 aromatic rings. The van der Waals surface area contributed by atoms with Crippen LogP contribution in [0.25, 0.3) is 0 Å². The van der Waals surface area contributed by atoms with Crippen molar-refractivity contribution in [3.05, 3.63) is 0 Å². The quantitative estimate of drug-likeness (QED) is 0.689. The van der Waals surface area contributed by atoms with Gasteiger partial charge in [-0.1, -0.05) is 0 Å². The van der Waals surface area contributed by atoms with Crippen LogP contribution < -0.4 is 10.6 Å². The van der Waals surface area contributed by atoms with Crippen molar-refractivity contribution in [1.29, 1.82) is 0 Å². The number of carbonyl (C=O) groups excluding carboxylic acids is 2. The summed E-state index contributed by atoms with van der Waals surface area (Å²) in [6.07, 6.45) is -0.109. The van der Waals surface area contributed by atoms with Gasteiger partial charge in [-0.3, -0.25) is 4.79 Å². The van der Waals surface area contributed by atoms with Crippen molar-refractivity contribution >= 4 is 11.9 Å². The largest absolute Gasteiger partial charge is 0.351 e. The maximum Gasteiger partial charge on any atom is 0.315 e. The van der Waals surface area contributed by atoms with Gasteiger partial charge in [-0.05, 0) is 34.6 Å². The lowest BCUT2D eigenvalue weighted by molar-refractivity contribution is -0.132. The summed E-state index contributed by atoms with van der Waals surface area (Å²) >= 11 is 0. The minimum absolute atomic E-state index is 0.0688. The van der Waals surface area contributed by atoms with E-state index in [-0.39, 0.29) is 30.1 Å². The first-order valence-electron chi connectivity index (χ1n) is 7.86. The summed E-state index contributed by atoms with van der Waals surface area (Å²) in [5.74, 6) is 0.0688. The summed E-state index contributed by atoms with van der Waals surface area (Å²) in [4.78, 5) is 25.7. The van der Waals surface area contributed by atoms with Crippen LogP contribution in [0.4, 0.5) is 4.79 Å². The van der Waals surface area contributed by atoms with Gasteiger partial charge in [0.05, 0.1) is 12.6 Å². The molecule has 0 aliphatic carbocycles. The predicted molar refractivity (Wildman–Crippen MR) is 83.4 cm³/mol. The Kier molecular flexibility index (Phi) is 7.09. The first-order valence-corrected chi connectivity index (χ1v) is 7.86. The topological polar surface area (TPSA) is 79.9 Å². The van der Waals surface area contributed by atoms with E-state index in [1.165, 1.54) is 0 Å². The molecule has 1 unspecified atom stereocenters. The number of nitrogens with zero attached hydrogens (tertiary/aromatic N) is 1. The van der Waals surface area contributed by atoms with E-state index in [2.05, 4.69) is 10.6 Å². The van der Waals surface area contributed by atoms with Crippen molar-refractivity contribution in [2.45, 2.75) is 58.9 Å². The summed E-state index contributed by atoms with van der Waals surface area (Å²) < 4.78 is 10.7. The molecule has 1 aliphatic rings. The molecular formula is C15H29N3O4. The third-order valence-corrected chi connectivity index (χ3v) is 3.40. The first-order chi connectivity index (χ1) is 10.3. The Morgan fingerprint density at radius 2 is 1.91 bits per heavy atom. The smallest absolute Gasteiger partial charge is 0.315 e. The molecule has 7 heteroatoms. The molecule has 0 saturated carbocycles. The molecule has 128 valence electrons. The molecule has 1 atom stereocenters. The Bertz CT molecular complexity index is 375. The third-order valence-electron chi connectivity index (χ3n) is 3.40. The van der Waals surface area contributed by atoms with E-state index in [9.17, 15) is 9.59 Å². The Labute approximate surface area is 132 Å². The maximum absolute atomic E-state index is 12.0. The Morgan fingerprint density at radius 1 is 1.32 bits per heavy atom. The Morgan fingerprint density at radius 3 is 2.36 bits per heavy atom. The summed E-state index contributed by atoms with van der Waals surface area (Å²) in [6, 6.07) is -0.470. The van der Waals surface area contributed by atoms with Crippen LogP contribution >= 0.6 is 0 Å². The molecule has 1 heterocycles. The van der Waals surface area contributed by atoms with Gasteiger partial charge >= 0.3 is 6.03 Å². The number of hydrogen-bond acceptors (Lipinski definition) is 4. The van der Waals surface area contributed by atoms with Crippen LogP contribution in [-0.4, -0.2) is 61.0 Å². The lowest BCUT2D eigenvalue weighted by Crippen LogP contribution is -2.48. The molecule has 7 nitrogen and oxygen atoms in total. The second kappa shape index (κ2) is 8.33. The number of hydrogen-bond donors (Lipinski definition) is 2. The minimum Gasteiger partial charge on any atom is -0.351 e. The standard InChI is InChI=1S/C15H29N3O4/c1-6-21-13(22-7-2)9-16-14(20)17-11-8-12(19)18(10-11)15(3,4)5/h11,13H,6-10H2,1-5H3,(H2,16,17,20). The van der Waals surface area contributed by atoms with Gasteiger partial charge in [0.1, 0.15) is 0 Å². The van der Waals surface area contributed by atoms with Gasteiger partial charge in [-0.2, -0.15) is 0 Å². The highest BCUT2D eigenvalue weighted by molar-refractivity contribution is 5.82. The van der Waals surface area contributed by atoms with Crippen LogP contribution in [0, 0.1) is 0 Å². The molecule has 0 aromatic heterocycles. The fraction of sp³-hybridized carbons (Fsp3) is 0.867. The number of amides is 3. The SMILES string of the molecule is CCOC(CNC(=O)NC1CC(=O)N(C(C)(C)C)C1)OCC. The number of rotatable bonds is 7. The van der Waals surface area contributed by atoms with Gasteiger partial charge in [0, 0.05) is 31.7 Å². The highest BCUT2D eigenvalue weighted by Gasteiger charge is 2.36. The molecular weight excluding hydrogens is 286 g/mol. The number of likely N-dealkylation sites (tertiary alicyclic amines) is 1. The minimum atomic E-state index is -0.447. The zero-order valence-corrected chi connectivity index (χ0v) is 14.3. The zero-order valence-electron chi connectivity index (χ0n) is 14.3. The molecule has 22 heavy (non-hydrogen) atoms. The van der Waals surface area contributed by atoms with E-state index in [0.717, 1.165) is 0 Å². The van der Waals surface area contributed by atoms with Gasteiger partial charge in [0.15, 0.2) is 6.29 Å². The summed E-state index contributed by atoms with van der Waals surface area (Å²) in [5.41, 5.74) is -0.223. The summed E-state index contributed by atoms with van der Waals surface area (Å²) in [5, 5.41) is 5.55. The molecule has 1 aliphatic heterocycles. The van der Waals surface area contributed by atoms with Crippen LogP contribution in [0.15, 0.2) is 0 Å². The van der Waals surface area contributed by atoms with Crippen molar-refractivity contribution in [2.24, 2.45) is 0 Å². The predicted octanol–water partition coefficient (Wildman–Crippen LogP) is 1.08. The number of ether oxygens (including phenoxy) is 2. The van der Waals surface area contributed by atoms with Gasteiger partial charge in [-0.25, -0.2) is 4.79 Å². The molecule has 2 N–H and O–H groups in total. The molecule has 0 radical (unpaired) electrons. The van der Waals surface area contributed by atoms with Crippen LogP contribution in [0.5, 0.6) is 0 Å². The van der Waals surface area contributed by atoms with Crippen molar-refractivity contribution in [1.82, 2.24) is 15.5 Å². The van der Waals surface area contributed by atoms with Gasteiger partial charge in [0.25, 0.3) is 0 Å². The van der Waals surface area contributed by atoms with E-state index in [0.29, 0.717) is 26.2 Å². The Balaban J connectivity index is 2.38. The maximum atomic E-state index is 12.0. The van der Waals surface area contributed by atoms with E-state index < -0.39 is 6.29 Å². The van der Waals surface area contributed by atoms with Crippen molar-refractivity contribution in [3.63, 3.8) is 0 Å². The van der Waals surface area contributed by atoms with E-state index in [4.69, 9.17) is 9.47 Å². The first kappa shape index (κ1) is 18.7. The molecule has 3 amide bonds. The highest BCUT2D eigenvalue weighted by atomic mass is 16.7. The van der Waals surface area contributed by atoms with Crippen molar-refractivity contribution in [3.8, 4) is 0 Å². The molecule has 0 aromatic carbocycles. The summed E-state index contributed by atoms with van der Waals surface area (Å²) in [7, 11) is 0. The normalized spacial score (nSPS) is 18.9. The fourth-order valence-corrected chi connectivity index (χ4v) is 2.40. The molecule has 0 bridgehead atoms. The molecule has 1 rings (SSSR count). The van der Waals surface area contributed by atoms with Gasteiger partial charge in [0.2, 0.25) is 5.91 Å². The second-order valence-electron chi connectivity index (χ2n) is 6.27. The van der Waals surface area contributed by atoms with Crippen molar-refractivity contribution in [2.75, 3.05) is 26.3 Å². The highest BCUT2D eigenvalue weighted by Crippen LogP contribution is 2.21. The third kappa shape index (κ3) is 5.81. The van der Waals surface area contributed by atoms with Crippen LogP contribution in [0.1, 0.15) is 41.0 Å². The van der Waals surface area contributed by atoms with Gasteiger partial charge < -0.3 is 25.0 Å². The lowest BCUT2D eigenvalue weighted by atomic mass is 10.1. The van der Waals surface area contributed by atoms with E-state index >= 15 is 0 Å². The van der Waals surface area contributed by atoms with E-state index in [1.54, 1.807) is 4.90 Å². The average molecular weight is 315 g/mol. The zero-order chi connectivity index (χ0) is 16.8. The fourth-order valence-electron chi connectivity index (χ4n) is 2.40. The summed E-state index contributed by atoms with van der Waals surface area (Å²) in [6.45, 7) is 11.6. The van der Waals surface area contributed by atoms with Gasteiger partial charge in [-0.15, -0.1) is 0 Å². The van der Waals surface area contributed by atoms with E-state index in [1.807, 2.05) is 34.6 Å². The monoisotopic (exact) mass is 315 g/mol. The van der Waals surface area contributed by atoms with Crippen LogP contribution in [0.2, 0.25) is 0 Å². The Hall–Kier alpha value is -1.34. The average Bonchev–Trinajstić information content (AvgIpc) is 2.77. The van der Waals surface area contributed by atoms with Crippen LogP contribution in [-0.2, 0) is 14.3 Å². The number of nitrogens with one attached hydrogen (secondary N) is 2. The molecule has 1 fully saturated rings. The van der Waals surface area contributed by atoms with Crippen LogP contribution in [0.3, 0.4) is 0 Å². The molecule has 1 saturated heterocycles. The van der Waals surface area contributed by atoms with Crippen molar-refractivity contribution < 1.29 is 19.1 Å². The second-order valence-corrected chi connectivity index (χ2v) is 6.27.